The van der Waals surface area contributed by atoms with Crippen molar-refractivity contribution >= 4 is 50.1 Å². The lowest BCUT2D eigenvalue weighted by molar-refractivity contribution is 0.253. The third-order valence-corrected chi connectivity index (χ3v) is 8.60. The number of fused-ring (bicyclic) bond motifs is 1. The Hall–Kier alpha value is -0.760. The number of halogens is 1. The van der Waals surface area contributed by atoms with Crippen LogP contribution in [0, 0.1) is 6.92 Å². The first-order chi connectivity index (χ1) is 12.1. The Morgan fingerprint density at radius 2 is 2.20 bits per heavy atom. The second-order valence-electron chi connectivity index (χ2n) is 6.67. The number of rotatable bonds is 3. The van der Waals surface area contributed by atoms with Crippen molar-refractivity contribution in [2.75, 3.05) is 30.7 Å². The largest absolute Gasteiger partial charge is 0.334 e. The summed E-state index contributed by atoms with van der Waals surface area (Å²) in [6, 6.07) is -0.109. The third-order valence-electron chi connectivity index (χ3n) is 5.13. The molecule has 0 unspecified atom stereocenters. The summed E-state index contributed by atoms with van der Waals surface area (Å²) in [4.78, 5) is 13.9. The van der Waals surface area contributed by atoms with E-state index in [1.165, 1.54) is 43.0 Å². The molecule has 1 aromatic heterocycles. The summed E-state index contributed by atoms with van der Waals surface area (Å²) >= 11 is 7.25. The number of amides is 2. The lowest BCUT2D eigenvalue weighted by atomic mass is 9.95. The minimum absolute atomic E-state index is 0.109. The van der Waals surface area contributed by atoms with Gasteiger partial charge in [-0.15, -0.1) is 23.1 Å². The Kier molecular flexibility index (Phi) is 5.27. The topological polar surface area (TPSA) is 53.2 Å². The number of hydrogen-bond donors (Lipinski definition) is 3. The standard InChI is InChI=1S/C18H22BrN3OS2/c1-10-12-3-2-4-15(12)25-17(10)22-18(23)21-8-14-13-5-6-20-7-11(13)9-24-16(14)19/h20H,2-9H2,1H3,(H2,21,22,23). The van der Waals surface area contributed by atoms with Crippen molar-refractivity contribution in [3.8, 4) is 0 Å². The molecule has 4 rings (SSSR count). The molecule has 0 aromatic carbocycles. The van der Waals surface area contributed by atoms with Gasteiger partial charge in [0.15, 0.2) is 0 Å². The van der Waals surface area contributed by atoms with Crippen LogP contribution in [-0.2, 0) is 12.8 Å². The van der Waals surface area contributed by atoms with Gasteiger partial charge in [-0.1, -0.05) is 0 Å². The van der Waals surface area contributed by atoms with Crippen LogP contribution in [0.25, 0.3) is 0 Å². The molecule has 0 bridgehead atoms. The van der Waals surface area contributed by atoms with Crippen LogP contribution >= 0.6 is 39.0 Å². The van der Waals surface area contributed by atoms with E-state index in [1.54, 1.807) is 11.3 Å². The Bertz CT molecular complexity index is 782. The minimum Gasteiger partial charge on any atom is -0.334 e. The van der Waals surface area contributed by atoms with Gasteiger partial charge in [-0.05, 0) is 82.9 Å². The molecular formula is C18H22BrN3OS2. The molecule has 0 spiro atoms. The molecule has 0 radical (unpaired) electrons. The fraction of sp³-hybridized carbons (Fsp3) is 0.500. The average Bonchev–Trinajstić information content (AvgIpc) is 3.18. The van der Waals surface area contributed by atoms with Crippen LogP contribution in [0.3, 0.4) is 0 Å². The van der Waals surface area contributed by atoms with Crippen LogP contribution in [0.4, 0.5) is 9.80 Å². The molecule has 7 heteroatoms. The van der Waals surface area contributed by atoms with Gasteiger partial charge in [0.2, 0.25) is 0 Å². The molecule has 0 fully saturated rings. The predicted molar refractivity (Wildman–Crippen MR) is 111 cm³/mol. The first kappa shape index (κ1) is 17.6. The highest BCUT2D eigenvalue weighted by atomic mass is 79.9. The molecule has 3 N–H and O–H groups in total. The zero-order valence-corrected chi connectivity index (χ0v) is 17.5. The molecule has 0 saturated carbocycles. The van der Waals surface area contributed by atoms with E-state index in [9.17, 15) is 4.79 Å². The highest BCUT2D eigenvalue weighted by Crippen LogP contribution is 2.40. The first-order valence-electron chi connectivity index (χ1n) is 8.73. The Morgan fingerprint density at radius 3 is 3.04 bits per heavy atom. The molecule has 134 valence electrons. The van der Waals surface area contributed by atoms with Gasteiger partial charge in [-0.2, -0.15) is 0 Å². The summed E-state index contributed by atoms with van der Waals surface area (Å²) < 4.78 is 1.17. The van der Waals surface area contributed by atoms with Crippen molar-refractivity contribution in [3.63, 3.8) is 0 Å². The summed E-state index contributed by atoms with van der Waals surface area (Å²) in [6.45, 7) is 4.68. The van der Waals surface area contributed by atoms with E-state index < -0.39 is 0 Å². The second-order valence-corrected chi connectivity index (χ2v) is 10.1. The Balaban J connectivity index is 1.41. The number of aryl methyl sites for hydroxylation is 1. The summed E-state index contributed by atoms with van der Waals surface area (Å²) in [5.74, 6) is 1.04. The lowest BCUT2D eigenvalue weighted by Crippen LogP contribution is -2.34. The number of anilines is 1. The molecule has 25 heavy (non-hydrogen) atoms. The maximum atomic E-state index is 12.4. The summed E-state index contributed by atoms with van der Waals surface area (Å²) in [7, 11) is 0. The molecule has 0 atom stereocenters. The molecule has 1 aromatic rings. The van der Waals surface area contributed by atoms with Crippen molar-refractivity contribution in [3.05, 3.63) is 36.5 Å². The van der Waals surface area contributed by atoms with E-state index >= 15 is 0 Å². The van der Waals surface area contributed by atoms with E-state index in [1.807, 2.05) is 11.8 Å². The normalized spacial score (nSPS) is 19.8. The SMILES string of the molecule is Cc1c(NC(=O)NCC2=C(Br)SCC3=C2CCNC3)sc2c1CCC2. The summed E-state index contributed by atoms with van der Waals surface area (Å²) in [6.07, 6.45) is 4.61. The third kappa shape index (κ3) is 3.56. The predicted octanol–water partition coefficient (Wildman–Crippen LogP) is 4.31. The van der Waals surface area contributed by atoms with Crippen molar-refractivity contribution in [2.24, 2.45) is 0 Å². The fourth-order valence-corrected chi connectivity index (χ4v) is 6.73. The van der Waals surface area contributed by atoms with Gasteiger partial charge < -0.3 is 10.6 Å². The lowest BCUT2D eigenvalue weighted by Gasteiger charge is -2.28. The zero-order valence-electron chi connectivity index (χ0n) is 14.3. The molecule has 2 amide bonds. The minimum atomic E-state index is -0.109. The van der Waals surface area contributed by atoms with E-state index in [0.29, 0.717) is 6.54 Å². The second kappa shape index (κ2) is 7.47. The number of nitrogens with one attached hydrogen (secondary N) is 3. The molecule has 0 saturated heterocycles. The van der Waals surface area contributed by atoms with E-state index in [2.05, 4.69) is 38.8 Å². The smallest absolute Gasteiger partial charge is 0.320 e. The summed E-state index contributed by atoms with van der Waals surface area (Å²) in [5.41, 5.74) is 6.86. The number of carbonyl (C=O) groups is 1. The maximum absolute atomic E-state index is 12.4. The highest BCUT2D eigenvalue weighted by molar-refractivity contribution is 9.14. The van der Waals surface area contributed by atoms with Crippen LogP contribution in [-0.4, -0.2) is 31.4 Å². The van der Waals surface area contributed by atoms with Crippen LogP contribution in [0.15, 0.2) is 20.5 Å². The fourth-order valence-electron chi connectivity index (χ4n) is 3.77. The van der Waals surface area contributed by atoms with Gasteiger partial charge in [0.1, 0.15) is 0 Å². The van der Waals surface area contributed by atoms with Gasteiger partial charge in [0, 0.05) is 23.7 Å². The Labute approximate surface area is 165 Å². The quantitative estimate of drug-likeness (QED) is 0.657. The molecule has 3 heterocycles. The monoisotopic (exact) mass is 439 g/mol. The number of urea groups is 1. The van der Waals surface area contributed by atoms with Crippen molar-refractivity contribution in [1.82, 2.24) is 10.6 Å². The van der Waals surface area contributed by atoms with Crippen LogP contribution in [0.2, 0.25) is 0 Å². The van der Waals surface area contributed by atoms with Crippen LogP contribution < -0.4 is 16.0 Å². The van der Waals surface area contributed by atoms with Gasteiger partial charge in [0.25, 0.3) is 0 Å². The summed E-state index contributed by atoms with van der Waals surface area (Å²) in [5, 5.41) is 10.6. The van der Waals surface area contributed by atoms with Gasteiger partial charge >= 0.3 is 6.03 Å². The maximum Gasteiger partial charge on any atom is 0.320 e. The van der Waals surface area contributed by atoms with Crippen molar-refractivity contribution < 1.29 is 4.79 Å². The van der Waals surface area contributed by atoms with E-state index in [4.69, 9.17) is 0 Å². The number of hydrogen-bond acceptors (Lipinski definition) is 4. The molecule has 2 aliphatic heterocycles. The van der Waals surface area contributed by atoms with Crippen LogP contribution in [0.5, 0.6) is 0 Å². The van der Waals surface area contributed by atoms with Crippen molar-refractivity contribution in [1.29, 1.82) is 0 Å². The number of thiophene rings is 1. The highest BCUT2D eigenvalue weighted by Gasteiger charge is 2.24. The first-order valence-corrected chi connectivity index (χ1v) is 11.3. The average molecular weight is 440 g/mol. The van der Waals surface area contributed by atoms with E-state index in [-0.39, 0.29) is 6.03 Å². The van der Waals surface area contributed by atoms with Gasteiger partial charge in [0.05, 0.1) is 8.82 Å². The molecule has 1 aliphatic carbocycles. The molecule has 3 aliphatic rings. The van der Waals surface area contributed by atoms with Gasteiger partial charge in [-0.25, -0.2) is 4.79 Å². The molecule has 4 nitrogen and oxygen atoms in total. The molecular weight excluding hydrogens is 418 g/mol. The van der Waals surface area contributed by atoms with E-state index in [0.717, 1.165) is 43.1 Å². The number of thioether (sulfide) groups is 1. The number of carbonyl (C=O) groups excluding carboxylic acids is 1. The Morgan fingerprint density at radius 1 is 1.32 bits per heavy atom. The van der Waals surface area contributed by atoms with Crippen LogP contribution in [0.1, 0.15) is 28.8 Å². The van der Waals surface area contributed by atoms with Gasteiger partial charge in [-0.3, -0.25) is 5.32 Å². The zero-order chi connectivity index (χ0) is 17.4. The van der Waals surface area contributed by atoms with Crippen molar-refractivity contribution in [2.45, 2.75) is 32.6 Å².